The van der Waals surface area contributed by atoms with Gasteiger partial charge in [-0.1, -0.05) is 48.0 Å². The Kier molecular flexibility index (Phi) is 5.95. The molecule has 0 saturated carbocycles. The summed E-state index contributed by atoms with van der Waals surface area (Å²) in [7, 11) is -3.64. The van der Waals surface area contributed by atoms with E-state index in [-0.39, 0.29) is 17.4 Å². The average molecular weight is 437 g/mol. The van der Waals surface area contributed by atoms with Gasteiger partial charge in [0.05, 0.1) is 10.6 Å². The number of carbonyl (C=O) groups is 1. The van der Waals surface area contributed by atoms with Crippen molar-refractivity contribution in [3.63, 3.8) is 0 Å². The molecule has 0 spiro atoms. The topological polar surface area (TPSA) is 75.7 Å². The fourth-order valence-corrected chi connectivity index (χ4v) is 5.00. The molecule has 0 bridgehead atoms. The quantitative estimate of drug-likeness (QED) is 0.616. The lowest BCUT2D eigenvalue weighted by atomic mass is 10.1. The van der Waals surface area contributed by atoms with Crippen LogP contribution in [0, 0.1) is 6.92 Å². The van der Waals surface area contributed by atoms with Gasteiger partial charge in [-0.3, -0.25) is 9.10 Å². The molecule has 160 valence electrons. The molecule has 1 amide bonds. The molecule has 0 atom stereocenters. The molecule has 0 aliphatic carbocycles. The van der Waals surface area contributed by atoms with Crippen molar-refractivity contribution in [1.82, 2.24) is 5.32 Å². The maximum atomic E-state index is 13.0. The molecule has 1 heterocycles. The number of aryl methyl sites for hydroxylation is 1. The second-order valence-corrected chi connectivity index (χ2v) is 9.34. The van der Waals surface area contributed by atoms with E-state index < -0.39 is 10.0 Å². The van der Waals surface area contributed by atoms with E-state index in [2.05, 4.69) is 5.32 Å². The molecule has 6 nitrogen and oxygen atoms in total. The highest BCUT2D eigenvalue weighted by Crippen LogP contribution is 2.32. The molecule has 0 fully saturated rings. The molecule has 0 radical (unpaired) electrons. The Bertz CT molecular complexity index is 1170. The zero-order valence-electron chi connectivity index (χ0n) is 17.2. The fourth-order valence-electron chi connectivity index (χ4n) is 3.50. The monoisotopic (exact) mass is 436 g/mol. The SMILES string of the molecule is Cc1ccc(CNC(=O)COc2ccc(S(=O)(=O)N3CCc4ccccc43)cc2)cc1. The zero-order valence-corrected chi connectivity index (χ0v) is 18.1. The van der Waals surface area contributed by atoms with E-state index in [1.807, 2.05) is 55.5 Å². The lowest BCUT2D eigenvalue weighted by molar-refractivity contribution is -0.123. The van der Waals surface area contributed by atoms with Gasteiger partial charge in [-0.2, -0.15) is 0 Å². The number of ether oxygens (including phenoxy) is 1. The highest BCUT2D eigenvalue weighted by Gasteiger charge is 2.30. The van der Waals surface area contributed by atoms with Crippen LogP contribution in [-0.2, 0) is 27.8 Å². The Balaban J connectivity index is 1.34. The number of hydrogen-bond acceptors (Lipinski definition) is 4. The lowest BCUT2D eigenvalue weighted by Crippen LogP contribution is -2.29. The molecule has 0 unspecified atom stereocenters. The van der Waals surface area contributed by atoms with Crippen LogP contribution < -0.4 is 14.4 Å². The minimum Gasteiger partial charge on any atom is -0.484 e. The molecule has 3 aromatic carbocycles. The first-order chi connectivity index (χ1) is 14.9. The van der Waals surface area contributed by atoms with Gasteiger partial charge in [0, 0.05) is 13.1 Å². The minimum absolute atomic E-state index is 0.141. The predicted octanol–water partition coefficient (Wildman–Crippen LogP) is 3.44. The molecule has 0 aromatic heterocycles. The van der Waals surface area contributed by atoms with Crippen LogP contribution in [0.25, 0.3) is 0 Å². The molecule has 31 heavy (non-hydrogen) atoms. The summed E-state index contributed by atoms with van der Waals surface area (Å²) in [5, 5.41) is 2.80. The number of nitrogens with zero attached hydrogens (tertiary/aromatic N) is 1. The van der Waals surface area contributed by atoms with Crippen molar-refractivity contribution in [2.75, 3.05) is 17.5 Å². The van der Waals surface area contributed by atoms with Gasteiger partial charge in [0.2, 0.25) is 0 Å². The van der Waals surface area contributed by atoms with Crippen LogP contribution in [-0.4, -0.2) is 27.5 Å². The first-order valence-electron chi connectivity index (χ1n) is 10.1. The van der Waals surface area contributed by atoms with Gasteiger partial charge in [0.25, 0.3) is 15.9 Å². The van der Waals surface area contributed by atoms with Crippen LogP contribution in [0.15, 0.2) is 77.7 Å². The van der Waals surface area contributed by atoms with Crippen molar-refractivity contribution in [3.05, 3.63) is 89.5 Å². The molecule has 0 saturated heterocycles. The molecule has 1 aliphatic heterocycles. The number of hydrogen-bond donors (Lipinski definition) is 1. The standard InChI is InChI=1S/C24H24N2O4S/c1-18-6-8-19(9-7-18)16-25-24(27)17-30-21-10-12-22(13-11-21)31(28,29)26-15-14-20-4-2-3-5-23(20)26/h2-13H,14-17H2,1H3,(H,25,27). The average Bonchev–Trinajstić information content (AvgIpc) is 3.23. The van der Waals surface area contributed by atoms with E-state index in [4.69, 9.17) is 4.74 Å². The summed E-state index contributed by atoms with van der Waals surface area (Å²) in [6, 6.07) is 21.6. The van der Waals surface area contributed by atoms with Crippen molar-refractivity contribution < 1.29 is 17.9 Å². The first-order valence-corrected chi connectivity index (χ1v) is 11.5. The van der Waals surface area contributed by atoms with Gasteiger partial charge in [0.1, 0.15) is 5.75 Å². The van der Waals surface area contributed by atoms with E-state index in [1.165, 1.54) is 16.4 Å². The Hall–Kier alpha value is -3.32. The first kappa shape index (κ1) is 20.9. The number of carbonyl (C=O) groups excluding carboxylic acids is 1. The van der Waals surface area contributed by atoms with Crippen molar-refractivity contribution in [3.8, 4) is 5.75 Å². The van der Waals surface area contributed by atoms with Crippen LogP contribution in [0.4, 0.5) is 5.69 Å². The van der Waals surface area contributed by atoms with Gasteiger partial charge < -0.3 is 10.1 Å². The number of para-hydroxylation sites is 1. The predicted molar refractivity (Wildman–Crippen MR) is 120 cm³/mol. The fraction of sp³-hybridized carbons (Fsp3) is 0.208. The molecule has 1 N–H and O–H groups in total. The number of nitrogens with one attached hydrogen (secondary N) is 1. The van der Waals surface area contributed by atoms with Gasteiger partial charge in [-0.05, 0) is 54.8 Å². The van der Waals surface area contributed by atoms with Gasteiger partial charge in [-0.15, -0.1) is 0 Å². The van der Waals surface area contributed by atoms with Crippen LogP contribution >= 0.6 is 0 Å². The summed E-state index contributed by atoms with van der Waals surface area (Å²) in [5.74, 6) is 0.192. The Labute approximate surface area is 182 Å². The molecular weight excluding hydrogens is 412 g/mol. The Morgan fingerprint density at radius 1 is 1.00 bits per heavy atom. The Morgan fingerprint density at radius 3 is 2.45 bits per heavy atom. The molecule has 1 aliphatic rings. The third-order valence-electron chi connectivity index (χ3n) is 5.24. The largest absolute Gasteiger partial charge is 0.484 e. The smallest absolute Gasteiger partial charge is 0.264 e. The van der Waals surface area contributed by atoms with Crippen LogP contribution in [0.2, 0.25) is 0 Å². The van der Waals surface area contributed by atoms with E-state index in [9.17, 15) is 13.2 Å². The van der Waals surface area contributed by atoms with Crippen LogP contribution in [0.1, 0.15) is 16.7 Å². The van der Waals surface area contributed by atoms with Crippen LogP contribution in [0.3, 0.4) is 0 Å². The van der Waals surface area contributed by atoms with E-state index in [0.717, 1.165) is 22.4 Å². The second-order valence-electron chi connectivity index (χ2n) is 7.48. The van der Waals surface area contributed by atoms with Crippen molar-refractivity contribution >= 4 is 21.6 Å². The Morgan fingerprint density at radius 2 is 1.71 bits per heavy atom. The number of rotatable bonds is 7. The number of amides is 1. The summed E-state index contributed by atoms with van der Waals surface area (Å²) in [5.41, 5.74) is 3.94. The maximum absolute atomic E-state index is 13.0. The molecule has 4 rings (SSSR count). The van der Waals surface area contributed by atoms with E-state index in [1.54, 1.807) is 12.1 Å². The maximum Gasteiger partial charge on any atom is 0.264 e. The molecule has 7 heteroatoms. The number of fused-ring (bicyclic) bond motifs is 1. The van der Waals surface area contributed by atoms with Crippen molar-refractivity contribution in [2.45, 2.75) is 24.8 Å². The summed E-state index contributed by atoms with van der Waals surface area (Å²) in [6.07, 6.45) is 0.703. The van der Waals surface area contributed by atoms with Gasteiger partial charge in [-0.25, -0.2) is 8.42 Å². The summed E-state index contributed by atoms with van der Waals surface area (Å²) < 4.78 is 33.0. The molecular formula is C24H24N2O4S. The van der Waals surface area contributed by atoms with E-state index >= 15 is 0 Å². The van der Waals surface area contributed by atoms with Crippen LogP contribution in [0.5, 0.6) is 5.75 Å². The van der Waals surface area contributed by atoms with Gasteiger partial charge in [0.15, 0.2) is 6.61 Å². The summed E-state index contributed by atoms with van der Waals surface area (Å²) in [6.45, 7) is 2.73. The number of benzene rings is 3. The van der Waals surface area contributed by atoms with Crippen molar-refractivity contribution in [1.29, 1.82) is 0 Å². The second kappa shape index (κ2) is 8.81. The zero-order chi connectivity index (χ0) is 21.8. The molecule has 3 aromatic rings. The normalized spacial score (nSPS) is 13.0. The number of anilines is 1. The lowest BCUT2D eigenvalue weighted by Gasteiger charge is -2.19. The summed E-state index contributed by atoms with van der Waals surface area (Å²) >= 11 is 0. The number of sulfonamides is 1. The third-order valence-corrected chi connectivity index (χ3v) is 7.06. The third kappa shape index (κ3) is 4.72. The minimum atomic E-state index is -3.64. The highest BCUT2D eigenvalue weighted by molar-refractivity contribution is 7.92. The summed E-state index contributed by atoms with van der Waals surface area (Å²) in [4.78, 5) is 12.2. The van der Waals surface area contributed by atoms with Crippen molar-refractivity contribution in [2.24, 2.45) is 0 Å². The highest BCUT2D eigenvalue weighted by atomic mass is 32.2. The van der Waals surface area contributed by atoms with E-state index in [0.29, 0.717) is 25.3 Å². The van der Waals surface area contributed by atoms with Gasteiger partial charge >= 0.3 is 0 Å².